The molecule has 7 heteroatoms. The van der Waals surface area contributed by atoms with Crippen molar-refractivity contribution in [1.29, 1.82) is 0 Å². The topological polar surface area (TPSA) is 61.8 Å². The van der Waals surface area contributed by atoms with E-state index in [-0.39, 0.29) is 4.90 Å². The van der Waals surface area contributed by atoms with Gasteiger partial charge in [0, 0.05) is 0 Å². The maximum atomic E-state index is 14.6. The minimum absolute atomic E-state index is 0.126. The summed E-state index contributed by atoms with van der Waals surface area (Å²) in [6.45, 7) is -1.26. The van der Waals surface area contributed by atoms with Gasteiger partial charge in [-0.05, 0) is 0 Å². The van der Waals surface area contributed by atoms with Crippen molar-refractivity contribution in [2.24, 2.45) is 0 Å². The molecule has 0 radical (unpaired) electrons. The second kappa shape index (κ2) is 15.2. The van der Waals surface area contributed by atoms with Crippen LogP contribution in [0.1, 0.15) is 17.5 Å². The van der Waals surface area contributed by atoms with Crippen LogP contribution in [-0.2, 0) is 20.5 Å². The van der Waals surface area contributed by atoms with Crippen molar-refractivity contribution < 1.29 is 21.9 Å². The summed E-state index contributed by atoms with van der Waals surface area (Å²) >= 11 is 0. The number of rotatable bonds is 15. The van der Waals surface area contributed by atoms with Gasteiger partial charge in [-0.3, -0.25) is 0 Å². The monoisotopic (exact) mass is 688 g/mol. The van der Waals surface area contributed by atoms with Gasteiger partial charge in [-0.15, -0.1) is 0 Å². The molecule has 0 spiro atoms. The molecular weight excluding hydrogens is 647 g/mol. The fourth-order valence-electron chi connectivity index (χ4n) is 6.28. The van der Waals surface area contributed by atoms with Gasteiger partial charge in [0.2, 0.25) is 0 Å². The van der Waals surface area contributed by atoms with Crippen LogP contribution in [0.3, 0.4) is 0 Å². The summed E-state index contributed by atoms with van der Waals surface area (Å²) in [6, 6.07) is 54.3. The van der Waals surface area contributed by atoms with E-state index in [1.54, 1.807) is 24.3 Å². The minimum atomic E-state index is -4.27. The number of ether oxygens (including phenoxy) is 2. The third kappa shape index (κ3) is 7.47. The third-order valence-corrected chi connectivity index (χ3v) is 17.0. The first-order valence-corrected chi connectivity index (χ1v) is 20.2. The van der Waals surface area contributed by atoms with E-state index in [0.29, 0.717) is 25.8 Å². The molecular formula is C42H41O5PS. The van der Waals surface area contributed by atoms with Crippen LogP contribution in [0.5, 0.6) is 11.5 Å². The average Bonchev–Trinajstić information content (AvgIpc) is 3.15. The Morgan fingerprint density at radius 3 is 1.53 bits per heavy atom. The molecule has 0 N–H and O–H groups in total. The molecule has 6 rings (SSSR count). The van der Waals surface area contributed by atoms with E-state index >= 15 is 0 Å². The fourth-order valence-corrected chi connectivity index (χ4v) is 14.9. The van der Waals surface area contributed by atoms with Crippen molar-refractivity contribution in [1.82, 2.24) is 0 Å². The molecule has 0 amide bonds. The molecule has 0 unspecified atom stereocenters. The van der Waals surface area contributed by atoms with E-state index in [1.807, 2.05) is 146 Å². The van der Waals surface area contributed by atoms with Crippen LogP contribution in [0.4, 0.5) is 0 Å². The van der Waals surface area contributed by atoms with Crippen LogP contribution < -0.4 is 25.4 Å². The molecule has 6 aromatic rings. The molecule has 5 nitrogen and oxygen atoms in total. The van der Waals surface area contributed by atoms with E-state index < -0.39 is 16.9 Å². The number of hydrogen-bond acceptors (Lipinski definition) is 5. The van der Waals surface area contributed by atoms with Gasteiger partial charge in [0.15, 0.2) is 0 Å². The zero-order valence-electron chi connectivity index (χ0n) is 27.6. The van der Waals surface area contributed by atoms with Crippen LogP contribution in [0.2, 0.25) is 0 Å². The Kier molecular flexibility index (Phi) is 10.6. The summed E-state index contributed by atoms with van der Waals surface area (Å²) in [4.78, 5) is 0.126. The number of aryl methyl sites for hydroxylation is 2. The van der Waals surface area contributed by atoms with Crippen LogP contribution in [0.15, 0.2) is 175 Å². The first kappa shape index (κ1) is 34.1. The molecule has 0 aliphatic carbocycles. The molecule has 0 heterocycles. The summed E-state index contributed by atoms with van der Waals surface area (Å²) in [5, 5.41) is 2.52. The molecule has 0 aliphatic heterocycles. The molecule has 0 fully saturated rings. The van der Waals surface area contributed by atoms with Gasteiger partial charge in [-0.1, -0.05) is 18.2 Å². The summed E-state index contributed by atoms with van der Waals surface area (Å²) in [5.41, 5.74) is 1.99. The zero-order chi connectivity index (χ0) is 34.0. The fraction of sp³-hybridized carbons (Fsp3) is 0.143. The first-order chi connectivity index (χ1) is 23.9. The van der Waals surface area contributed by atoms with Crippen molar-refractivity contribution in [3.05, 3.63) is 181 Å². The Balaban J connectivity index is 1.40. The second-order valence-corrected chi connectivity index (χ2v) is 18.4. The average molecular weight is 689 g/mol. The van der Waals surface area contributed by atoms with Crippen LogP contribution in [0, 0.1) is 6.92 Å². The normalized spacial score (nSPS) is 12.5. The standard InChI is InChI=1S/C42H41O5PS/c1-35-26-28-42(29-27-35)49(43,44)47-48(39-20-8-3-9-21-39,40-22-10-4-11-23-40,41-24-12-5-13-25-41)33-30-36-16-14-19-38(34-36)46-32-15-31-45-37-17-6-2-7-18-37/h2-14,16-29,34H,15,30-33H2,1H3. The molecule has 6 aromatic carbocycles. The van der Waals surface area contributed by atoms with Gasteiger partial charge in [0.05, 0.1) is 0 Å². The Bertz CT molecular complexity index is 1940. The quantitative estimate of drug-likeness (QED) is 0.0804. The zero-order valence-corrected chi connectivity index (χ0v) is 29.3. The van der Waals surface area contributed by atoms with Crippen LogP contribution in [0.25, 0.3) is 0 Å². The van der Waals surface area contributed by atoms with Gasteiger partial charge >= 0.3 is 273 Å². The molecule has 0 bridgehead atoms. The van der Waals surface area contributed by atoms with E-state index in [0.717, 1.165) is 45.0 Å². The first-order valence-electron chi connectivity index (χ1n) is 16.5. The number of hydrogen-bond donors (Lipinski definition) is 0. The van der Waals surface area contributed by atoms with Crippen LogP contribution in [-0.4, -0.2) is 27.8 Å². The Morgan fingerprint density at radius 1 is 0.531 bits per heavy atom. The molecule has 0 atom stereocenters. The summed E-state index contributed by atoms with van der Waals surface area (Å²) in [6.07, 6.45) is 1.67. The molecule has 250 valence electrons. The summed E-state index contributed by atoms with van der Waals surface area (Å²) < 4.78 is 48.2. The van der Waals surface area contributed by atoms with Crippen LogP contribution >= 0.6 is 6.83 Å². The van der Waals surface area contributed by atoms with Gasteiger partial charge < -0.3 is 0 Å². The van der Waals surface area contributed by atoms with E-state index in [2.05, 4.69) is 6.07 Å². The molecule has 0 saturated carbocycles. The van der Waals surface area contributed by atoms with E-state index in [9.17, 15) is 8.42 Å². The number of para-hydroxylation sites is 1. The predicted molar refractivity (Wildman–Crippen MR) is 202 cm³/mol. The third-order valence-electron chi connectivity index (χ3n) is 8.77. The van der Waals surface area contributed by atoms with Gasteiger partial charge in [0.25, 0.3) is 0 Å². The van der Waals surface area contributed by atoms with Crippen molar-refractivity contribution in [2.45, 2.75) is 24.7 Å². The van der Waals surface area contributed by atoms with Gasteiger partial charge in [-0.25, -0.2) is 0 Å². The predicted octanol–water partition coefficient (Wildman–Crippen LogP) is 8.24. The van der Waals surface area contributed by atoms with E-state index in [1.165, 1.54) is 0 Å². The molecule has 0 saturated heterocycles. The van der Waals surface area contributed by atoms with Crippen molar-refractivity contribution in [2.75, 3.05) is 19.4 Å². The Morgan fingerprint density at radius 2 is 1.00 bits per heavy atom. The van der Waals surface area contributed by atoms with Crippen molar-refractivity contribution >= 4 is 32.9 Å². The summed E-state index contributed by atoms with van der Waals surface area (Å²) in [5.74, 6) is 1.59. The molecule has 0 aliphatic rings. The maximum absolute atomic E-state index is 14.6. The number of benzene rings is 6. The second-order valence-electron chi connectivity index (χ2n) is 12.0. The molecule has 0 aromatic heterocycles. The van der Waals surface area contributed by atoms with Crippen molar-refractivity contribution in [3.8, 4) is 11.5 Å². The van der Waals surface area contributed by atoms with Crippen molar-refractivity contribution in [3.63, 3.8) is 0 Å². The van der Waals surface area contributed by atoms with Gasteiger partial charge in [0.1, 0.15) is 0 Å². The summed E-state index contributed by atoms with van der Waals surface area (Å²) in [7, 11) is -4.27. The SMILES string of the molecule is Cc1ccc(S(=O)(=O)OP(CCc2cccc(OCCCOc3ccccc3)c2)(c2ccccc2)(c2ccccc2)c2ccccc2)cc1. The van der Waals surface area contributed by atoms with E-state index in [4.69, 9.17) is 13.4 Å². The van der Waals surface area contributed by atoms with Gasteiger partial charge in [-0.2, -0.15) is 0 Å². The Hall–Kier alpha value is -4.74. The Labute approximate surface area is 290 Å². The molecule has 49 heavy (non-hydrogen) atoms.